The SMILES string of the molecule is Cn1ccc(C(=O)Nc2ccc3c(c2)CN(Cc2ccc(N4CCCC4)o2)CCC3)n1.O=CO. The van der Waals surface area contributed by atoms with Gasteiger partial charge in [0.25, 0.3) is 12.4 Å². The molecule has 1 saturated heterocycles. The summed E-state index contributed by atoms with van der Waals surface area (Å²) in [5, 5.41) is 14.1. The van der Waals surface area contributed by atoms with Crippen LogP contribution in [0.1, 0.15) is 46.6 Å². The molecule has 0 radical (unpaired) electrons. The molecule has 2 N–H and O–H groups in total. The number of benzene rings is 1. The monoisotopic (exact) mass is 465 g/mol. The molecule has 3 aromatic rings. The van der Waals surface area contributed by atoms with Gasteiger partial charge in [0, 0.05) is 44.6 Å². The Labute approximate surface area is 199 Å². The van der Waals surface area contributed by atoms with E-state index in [0.717, 1.165) is 62.9 Å². The Balaban J connectivity index is 0.000000868. The Bertz CT molecular complexity index is 1120. The molecule has 0 atom stereocenters. The average molecular weight is 466 g/mol. The molecule has 0 spiro atoms. The molecule has 1 amide bonds. The number of carbonyl (C=O) groups excluding carboxylic acids is 1. The van der Waals surface area contributed by atoms with Crippen LogP contribution < -0.4 is 10.2 Å². The first-order valence-corrected chi connectivity index (χ1v) is 11.6. The molecule has 4 heterocycles. The van der Waals surface area contributed by atoms with Gasteiger partial charge >= 0.3 is 0 Å². The van der Waals surface area contributed by atoms with Crippen molar-refractivity contribution in [2.75, 3.05) is 29.9 Å². The fourth-order valence-corrected chi connectivity index (χ4v) is 4.55. The van der Waals surface area contributed by atoms with Crippen molar-refractivity contribution in [3.8, 4) is 0 Å². The predicted molar refractivity (Wildman–Crippen MR) is 129 cm³/mol. The molecule has 0 aliphatic carbocycles. The molecular formula is C25H31N5O4. The lowest BCUT2D eigenvalue weighted by atomic mass is 10.0. The maximum atomic E-state index is 12.5. The molecule has 0 unspecified atom stereocenters. The van der Waals surface area contributed by atoms with Crippen LogP contribution in [0.2, 0.25) is 0 Å². The van der Waals surface area contributed by atoms with Gasteiger partial charge in [-0.05, 0) is 67.6 Å². The quantitative estimate of drug-likeness (QED) is 0.556. The smallest absolute Gasteiger partial charge is 0.290 e. The second-order valence-electron chi connectivity index (χ2n) is 8.67. The minimum absolute atomic E-state index is 0.184. The molecule has 2 aliphatic heterocycles. The molecule has 1 aromatic carbocycles. The lowest BCUT2D eigenvalue weighted by Gasteiger charge is -2.20. The van der Waals surface area contributed by atoms with Crippen LogP contribution in [0.5, 0.6) is 0 Å². The summed E-state index contributed by atoms with van der Waals surface area (Å²) >= 11 is 0. The van der Waals surface area contributed by atoms with Crippen molar-refractivity contribution in [2.24, 2.45) is 7.05 Å². The number of carbonyl (C=O) groups is 2. The molecule has 2 aliphatic rings. The first-order valence-electron chi connectivity index (χ1n) is 11.6. The number of hydrogen-bond acceptors (Lipinski definition) is 6. The van der Waals surface area contributed by atoms with Crippen LogP contribution in [0.15, 0.2) is 47.0 Å². The van der Waals surface area contributed by atoms with Crippen molar-refractivity contribution in [1.82, 2.24) is 14.7 Å². The van der Waals surface area contributed by atoms with E-state index >= 15 is 0 Å². The predicted octanol–water partition coefficient (Wildman–Crippen LogP) is 3.51. The molecule has 9 nitrogen and oxygen atoms in total. The number of nitrogens with one attached hydrogen (secondary N) is 1. The van der Waals surface area contributed by atoms with Crippen LogP contribution in [-0.2, 0) is 31.4 Å². The summed E-state index contributed by atoms with van der Waals surface area (Å²) in [4.78, 5) is 25.6. The average Bonchev–Trinajstić information content (AvgIpc) is 3.55. The van der Waals surface area contributed by atoms with Gasteiger partial charge in [0.05, 0.1) is 6.54 Å². The van der Waals surface area contributed by atoms with Crippen molar-refractivity contribution >= 4 is 24.0 Å². The van der Waals surface area contributed by atoms with Gasteiger partial charge in [0.1, 0.15) is 5.76 Å². The Kier molecular flexibility index (Phi) is 7.64. The van der Waals surface area contributed by atoms with Gasteiger partial charge in [-0.1, -0.05) is 6.07 Å². The molecule has 5 rings (SSSR count). The third-order valence-electron chi connectivity index (χ3n) is 6.17. The third-order valence-corrected chi connectivity index (χ3v) is 6.17. The van der Waals surface area contributed by atoms with E-state index in [1.165, 1.54) is 24.0 Å². The maximum absolute atomic E-state index is 12.5. The van der Waals surface area contributed by atoms with E-state index < -0.39 is 0 Å². The van der Waals surface area contributed by atoms with E-state index in [2.05, 4.69) is 44.5 Å². The standard InChI is InChI=1S/C24H29N5O2.CH2O2/c1-27-14-10-22(26-27)24(30)25-20-7-6-18-5-4-11-28(16-19(18)15-20)17-21-8-9-23(31-21)29-12-2-3-13-29;2-1-3/h6-10,14-15H,2-5,11-13,16-17H2,1H3,(H,25,30);1H,(H,2,3). The summed E-state index contributed by atoms with van der Waals surface area (Å²) in [7, 11) is 1.81. The minimum Gasteiger partial charge on any atom is -0.483 e. The lowest BCUT2D eigenvalue weighted by molar-refractivity contribution is -0.122. The fraction of sp³-hybridized carbons (Fsp3) is 0.400. The fourth-order valence-electron chi connectivity index (χ4n) is 4.55. The summed E-state index contributed by atoms with van der Waals surface area (Å²) in [6, 6.07) is 12.2. The summed E-state index contributed by atoms with van der Waals surface area (Å²) < 4.78 is 7.78. The van der Waals surface area contributed by atoms with Gasteiger partial charge in [0.15, 0.2) is 11.6 Å². The number of furan rings is 1. The van der Waals surface area contributed by atoms with E-state index in [1.807, 2.05) is 6.07 Å². The minimum atomic E-state index is -0.250. The summed E-state index contributed by atoms with van der Waals surface area (Å²) in [5.41, 5.74) is 3.86. The van der Waals surface area contributed by atoms with Gasteiger partial charge in [0.2, 0.25) is 0 Å². The Morgan fingerprint density at radius 3 is 2.65 bits per heavy atom. The van der Waals surface area contributed by atoms with E-state index in [4.69, 9.17) is 14.3 Å². The Hall–Kier alpha value is -3.59. The van der Waals surface area contributed by atoms with Gasteiger partial charge in [-0.2, -0.15) is 5.10 Å². The highest BCUT2D eigenvalue weighted by atomic mass is 16.4. The highest BCUT2D eigenvalue weighted by molar-refractivity contribution is 6.02. The number of aromatic nitrogens is 2. The van der Waals surface area contributed by atoms with Gasteiger partial charge in [-0.3, -0.25) is 19.2 Å². The Morgan fingerprint density at radius 2 is 1.91 bits per heavy atom. The van der Waals surface area contributed by atoms with E-state index in [9.17, 15) is 4.79 Å². The molecule has 0 bridgehead atoms. The third kappa shape index (κ3) is 5.85. The summed E-state index contributed by atoms with van der Waals surface area (Å²) in [6.45, 7) is 4.62. The van der Waals surface area contributed by atoms with Crippen LogP contribution in [0.3, 0.4) is 0 Å². The number of nitrogens with zero attached hydrogens (tertiary/aromatic N) is 4. The van der Waals surface area contributed by atoms with Crippen molar-refractivity contribution < 1.29 is 19.1 Å². The van der Waals surface area contributed by atoms with Gasteiger partial charge < -0.3 is 19.7 Å². The topological polar surface area (TPSA) is 104 Å². The van der Waals surface area contributed by atoms with E-state index in [1.54, 1.807) is 24.0 Å². The van der Waals surface area contributed by atoms with Crippen LogP contribution >= 0.6 is 0 Å². The number of fused-ring (bicyclic) bond motifs is 1. The summed E-state index contributed by atoms with van der Waals surface area (Å²) in [6.07, 6.45) is 6.44. The molecule has 0 saturated carbocycles. The lowest BCUT2D eigenvalue weighted by Crippen LogP contribution is -2.22. The van der Waals surface area contributed by atoms with Crippen LogP contribution in [0.4, 0.5) is 11.6 Å². The Morgan fingerprint density at radius 1 is 1.12 bits per heavy atom. The zero-order valence-corrected chi connectivity index (χ0v) is 19.4. The van der Waals surface area contributed by atoms with Gasteiger partial charge in [-0.15, -0.1) is 0 Å². The van der Waals surface area contributed by atoms with E-state index in [-0.39, 0.29) is 12.4 Å². The highest BCUT2D eigenvalue weighted by Crippen LogP contribution is 2.27. The second-order valence-corrected chi connectivity index (χ2v) is 8.67. The summed E-state index contributed by atoms with van der Waals surface area (Å²) in [5.74, 6) is 1.84. The number of rotatable bonds is 5. The highest BCUT2D eigenvalue weighted by Gasteiger charge is 2.19. The second kappa shape index (κ2) is 11.0. The number of aryl methyl sites for hydroxylation is 2. The number of anilines is 2. The van der Waals surface area contributed by atoms with Crippen molar-refractivity contribution in [3.63, 3.8) is 0 Å². The van der Waals surface area contributed by atoms with Crippen molar-refractivity contribution in [1.29, 1.82) is 0 Å². The molecular weight excluding hydrogens is 434 g/mol. The maximum Gasteiger partial charge on any atom is 0.290 e. The molecule has 1 fully saturated rings. The van der Waals surface area contributed by atoms with Crippen molar-refractivity contribution in [3.05, 3.63) is 65.2 Å². The normalized spacial score (nSPS) is 15.7. The van der Waals surface area contributed by atoms with Crippen LogP contribution in [0, 0.1) is 0 Å². The number of amides is 1. The van der Waals surface area contributed by atoms with Crippen molar-refractivity contribution in [2.45, 2.75) is 38.8 Å². The zero-order valence-electron chi connectivity index (χ0n) is 19.4. The van der Waals surface area contributed by atoms with Crippen LogP contribution in [0.25, 0.3) is 0 Å². The first kappa shape index (κ1) is 23.6. The largest absolute Gasteiger partial charge is 0.483 e. The van der Waals surface area contributed by atoms with E-state index in [0.29, 0.717) is 5.69 Å². The molecule has 9 heteroatoms. The van der Waals surface area contributed by atoms with Gasteiger partial charge in [-0.25, -0.2) is 0 Å². The number of carboxylic acid groups (broad SMARTS) is 1. The first-order chi connectivity index (χ1) is 16.6. The molecule has 180 valence electrons. The molecule has 34 heavy (non-hydrogen) atoms. The number of hydrogen-bond donors (Lipinski definition) is 2. The zero-order chi connectivity index (χ0) is 23.9. The molecule has 2 aromatic heterocycles. The van der Waals surface area contributed by atoms with Crippen LogP contribution in [-0.4, -0.2) is 51.8 Å².